The van der Waals surface area contributed by atoms with Gasteiger partial charge in [-0.25, -0.2) is 0 Å². The number of benzene rings is 4. The van der Waals surface area contributed by atoms with Crippen molar-refractivity contribution < 1.29 is 9.59 Å². The van der Waals surface area contributed by atoms with Gasteiger partial charge < -0.3 is 5.32 Å². The summed E-state index contributed by atoms with van der Waals surface area (Å²) in [6.45, 7) is 15.7. The van der Waals surface area contributed by atoms with E-state index in [0.717, 1.165) is 22.6 Å². The number of Topliss-reactive ketones (excluding diaryl/α,β-unsaturated/α-hetero) is 1. The number of anilines is 1. The molecular weight excluding hydrogens is 550 g/mol. The third-order valence-electron chi connectivity index (χ3n) is 10.5. The number of carbonyl (C=O) groups excluding carboxylic acids is 2. The molecule has 0 saturated carbocycles. The van der Waals surface area contributed by atoms with E-state index in [0.29, 0.717) is 16.7 Å². The smallest absolute Gasteiger partial charge is 0.189 e. The van der Waals surface area contributed by atoms with Crippen LogP contribution < -0.4 is 5.32 Å². The number of hydrogen-bond acceptors (Lipinski definition) is 3. The SMILES string of the molecule is C/C(=C/c1cc2c3c(c1)C(C)(C)c1cccc4c1N/C=C(/C=C\C=C/3C4(C)C)C2(C)C)C(=O)c1cc2ccccc2cc1C=O. The van der Waals surface area contributed by atoms with E-state index in [1.807, 2.05) is 49.4 Å². The molecular formula is C42H39NO2. The Kier molecular flexibility index (Phi) is 6.36. The summed E-state index contributed by atoms with van der Waals surface area (Å²) in [4.78, 5) is 26.1. The van der Waals surface area contributed by atoms with Crippen molar-refractivity contribution >= 4 is 40.2 Å². The number of rotatable bonds is 4. The molecule has 2 aliphatic carbocycles. The molecule has 0 amide bonds. The molecule has 5 aliphatic rings. The first kappa shape index (κ1) is 29.0. The second-order valence-corrected chi connectivity index (χ2v) is 14.3. The molecule has 8 bridgehead atoms. The van der Waals surface area contributed by atoms with E-state index in [4.69, 9.17) is 0 Å². The maximum absolute atomic E-state index is 14.0. The summed E-state index contributed by atoms with van der Waals surface area (Å²) in [7, 11) is 0. The summed E-state index contributed by atoms with van der Waals surface area (Å²) in [5.74, 6) is -0.138. The van der Waals surface area contributed by atoms with Crippen LogP contribution in [-0.2, 0) is 16.2 Å². The number of aldehydes is 1. The molecule has 9 rings (SSSR count). The van der Waals surface area contributed by atoms with Gasteiger partial charge in [0.05, 0.1) is 0 Å². The number of para-hydroxylation sites is 1. The van der Waals surface area contributed by atoms with Gasteiger partial charge in [-0.05, 0) is 86.0 Å². The molecule has 0 atom stereocenters. The molecule has 3 aliphatic heterocycles. The number of hydrogen-bond donors (Lipinski definition) is 1. The lowest BCUT2D eigenvalue weighted by atomic mass is 9.60. The largest absolute Gasteiger partial charge is 0.361 e. The average molecular weight is 590 g/mol. The Hall–Kier alpha value is -4.76. The topological polar surface area (TPSA) is 46.2 Å². The third-order valence-corrected chi connectivity index (χ3v) is 10.5. The summed E-state index contributed by atoms with van der Waals surface area (Å²) in [5, 5.41) is 5.68. The van der Waals surface area contributed by atoms with Gasteiger partial charge in [0, 0.05) is 39.3 Å². The molecule has 0 saturated heterocycles. The molecule has 3 nitrogen and oxygen atoms in total. The monoisotopic (exact) mass is 589 g/mol. The van der Waals surface area contributed by atoms with Crippen molar-refractivity contribution in [3.8, 4) is 0 Å². The zero-order valence-corrected chi connectivity index (χ0v) is 27.1. The van der Waals surface area contributed by atoms with Crippen LogP contribution in [0.2, 0.25) is 0 Å². The van der Waals surface area contributed by atoms with E-state index < -0.39 is 0 Å². The molecule has 4 aromatic rings. The van der Waals surface area contributed by atoms with E-state index in [-0.39, 0.29) is 22.0 Å². The minimum absolute atomic E-state index is 0.138. The summed E-state index contributed by atoms with van der Waals surface area (Å²) >= 11 is 0. The fraction of sp³-hybridized carbons (Fsp3) is 0.238. The molecule has 4 aromatic carbocycles. The molecule has 45 heavy (non-hydrogen) atoms. The van der Waals surface area contributed by atoms with Crippen molar-refractivity contribution in [2.45, 2.75) is 64.7 Å². The highest BCUT2D eigenvalue weighted by Gasteiger charge is 2.44. The Bertz CT molecular complexity index is 2090. The Morgan fingerprint density at radius 3 is 2.09 bits per heavy atom. The predicted molar refractivity (Wildman–Crippen MR) is 187 cm³/mol. The van der Waals surface area contributed by atoms with Crippen LogP contribution >= 0.6 is 0 Å². The minimum atomic E-state index is -0.340. The fourth-order valence-corrected chi connectivity index (χ4v) is 7.74. The fourth-order valence-electron chi connectivity index (χ4n) is 7.74. The standard InChI is InChI=1S/C42H39NO2/c1-25(39(45)31-22-28-13-9-8-12-27(28)21-29(31)24-44)18-26-19-35-37-32-15-10-14-30(40(35,2)3)23-43-38-33(41(32,4)5)16-11-17-34(38)42(6,7)36(37)20-26/h8-24,43H,1-7H3/b14-10-,25-18-,30-23-,32-15+. The summed E-state index contributed by atoms with van der Waals surface area (Å²) in [5.41, 5.74) is 11.4. The van der Waals surface area contributed by atoms with E-state index in [2.05, 4.69) is 102 Å². The first-order chi connectivity index (χ1) is 21.4. The van der Waals surface area contributed by atoms with Crippen LogP contribution in [0.15, 0.2) is 102 Å². The van der Waals surface area contributed by atoms with Crippen LogP contribution in [0.1, 0.15) is 103 Å². The van der Waals surface area contributed by atoms with Gasteiger partial charge in [-0.1, -0.05) is 114 Å². The van der Waals surface area contributed by atoms with E-state index in [1.165, 1.54) is 44.7 Å². The highest BCUT2D eigenvalue weighted by Crippen LogP contribution is 2.55. The van der Waals surface area contributed by atoms with Crippen LogP contribution in [-0.4, -0.2) is 12.1 Å². The number of carbonyl (C=O) groups is 2. The van der Waals surface area contributed by atoms with Gasteiger partial charge in [-0.3, -0.25) is 9.59 Å². The third kappa shape index (κ3) is 4.24. The Morgan fingerprint density at radius 1 is 0.756 bits per heavy atom. The van der Waals surface area contributed by atoms with Gasteiger partial charge in [0.1, 0.15) is 0 Å². The molecule has 0 spiro atoms. The highest BCUT2D eigenvalue weighted by atomic mass is 16.1. The van der Waals surface area contributed by atoms with Crippen molar-refractivity contribution in [2.24, 2.45) is 0 Å². The molecule has 0 radical (unpaired) electrons. The maximum atomic E-state index is 14.0. The zero-order valence-electron chi connectivity index (χ0n) is 27.1. The number of fused-ring (bicyclic) bond motifs is 2. The van der Waals surface area contributed by atoms with E-state index >= 15 is 0 Å². The second kappa shape index (κ2) is 9.87. The first-order valence-corrected chi connectivity index (χ1v) is 15.8. The van der Waals surface area contributed by atoms with Crippen molar-refractivity contribution in [3.05, 3.63) is 147 Å². The van der Waals surface area contributed by atoms with Crippen molar-refractivity contribution in [2.75, 3.05) is 5.32 Å². The van der Waals surface area contributed by atoms with E-state index in [1.54, 1.807) is 0 Å². The van der Waals surface area contributed by atoms with Gasteiger partial charge in [-0.15, -0.1) is 0 Å². The van der Waals surface area contributed by atoms with Crippen LogP contribution in [0, 0.1) is 0 Å². The minimum Gasteiger partial charge on any atom is -0.361 e. The number of ketones is 1. The normalized spacial score (nSPS) is 21.4. The lowest BCUT2D eigenvalue weighted by Gasteiger charge is -2.45. The molecule has 3 heteroatoms. The van der Waals surface area contributed by atoms with Crippen LogP contribution in [0.5, 0.6) is 0 Å². The molecule has 224 valence electrons. The maximum Gasteiger partial charge on any atom is 0.189 e. The molecule has 3 heterocycles. The van der Waals surface area contributed by atoms with Crippen molar-refractivity contribution in [1.29, 1.82) is 0 Å². The zero-order chi connectivity index (χ0) is 31.9. The van der Waals surface area contributed by atoms with Gasteiger partial charge >= 0.3 is 0 Å². The van der Waals surface area contributed by atoms with Crippen molar-refractivity contribution in [1.82, 2.24) is 0 Å². The van der Waals surface area contributed by atoms with Gasteiger partial charge in [0.25, 0.3) is 0 Å². The Morgan fingerprint density at radius 2 is 1.40 bits per heavy atom. The Labute approximate surface area is 266 Å². The average Bonchev–Trinajstić information content (AvgIpc) is 3.01. The van der Waals surface area contributed by atoms with Crippen LogP contribution in [0.3, 0.4) is 0 Å². The number of nitrogens with one attached hydrogen (secondary N) is 1. The van der Waals surface area contributed by atoms with Crippen LogP contribution in [0.4, 0.5) is 5.69 Å². The summed E-state index contributed by atoms with van der Waals surface area (Å²) in [6, 6.07) is 22.7. The van der Waals surface area contributed by atoms with Gasteiger partial charge in [0.15, 0.2) is 12.1 Å². The molecule has 0 aromatic heterocycles. The van der Waals surface area contributed by atoms with E-state index in [9.17, 15) is 9.59 Å². The Balaban J connectivity index is 1.50. The molecule has 0 unspecified atom stereocenters. The second-order valence-electron chi connectivity index (χ2n) is 14.3. The van der Waals surface area contributed by atoms with Gasteiger partial charge in [-0.2, -0.15) is 0 Å². The summed E-state index contributed by atoms with van der Waals surface area (Å²) in [6.07, 6.45) is 11.7. The van der Waals surface area contributed by atoms with Crippen molar-refractivity contribution in [3.63, 3.8) is 0 Å². The quantitative estimate of drug-likeness (QED) is 0.146. The van der Waals surface area contributed by atoms with Crippen LogP contribution in [0.25, 0.3) is 22.4 Å². The lowest BCUT2D eigenvalue weighted by Crippen LogP contribution is -2.35. The molecule has 1 N–H and O–H groups in total. The first-order valence-electron chi connectivity index (χ1n) is 15.8. The lowest BCUT2D eigenvalue weighted by molar-refractivity contribution is 0.102. The molecule has 0 fully saturated rings. The predicted octanol–water partition coefficient (Wildman–Crippen LogP) is 10.1. The number of allylic oxidation sites excluding steroid dienone is 6. The highest BCUT2D eigenvalue weighted by molar-refractivity contribution is 6.16. The van der Waals surface area contributed by atoms with Gasteiger partial charge in [0.2, 0.25) is 0 Å². The summed E-state index contributed by atoms with van der Waals surface area (Å²) < 4.78 is 0.